The van der Waals surface area contributed by atoms with E-state index < -0.39 is 0 Å². The lowest BCUT2D eigenvalue weighted by Crippen LogP contribution is -2.51. The van der Waals surface area contributed by atoms with Gasteiger partial charge in [0.05, 0.1) is 39.6 Å². The van der Waals surface area contributed by atoms with Crippen molar-refractivity contribution in [3.05, 3.63) is 23.3 Å². The summed E-state index contributed by atoms with van der Waals surface area (Å²) < 4.78 is 34.7. The topological polar surface area (TPSA) is 55.4 Å². The predicted molar refractivity (Wildman–Crippen MR) is 134 cm³/mol. The van der Waals surface area contributed by atoms with Gasteiger partial charge in [0, 0.05) is 25.7 Å². The van der Waals surface area contributed by atoms with Crippen LogP contribution in [0.25, 0.3) is 0 Å². The van der Waals surface area contributed by atoms with Gasteiger partial charge < -0.3 is 28.3 Å². The van der Waals surface area contributed by atoms with Gasteiger partial charge in [0.25, 0.3) is 0 Å². The molecular weight excluding hydrogens is 419 g/mol. The van der Waals surface area contributed by atoms with E-state index in [1.807, 2.05) is 0 Å². The number of rotatable bonds is 16. The summed E-state index contributed by atoms with van der Waals surface area (Å²) in [5.41, 5.74) is 3.23. The highest BCUT2D eigenvalue weighted by atomic mass is 16.6. The minimum absolute atomic E-state index is 0.165. The zero-order valence-electron chi connectivity index (χ0n) is 21.7. The molecule has 0 aromatic heterocycles. The first-order valence-corrected chi connectivity index (χ1v) is 12.5. The molecular formula is C26H45BO6. The van der Waals surface area contributed by atoms with Crippen LogP contribution >= 0.6 is 0 Å². The SMILES string of the molecule is CCCCC(CC)COc1cc(C)c(B2OCC(C)(COCCOCCOC)CO2)c(C)c1. The molecule has 1 atom stereocenters. The van der Waals surface area contributed by atoms with Crippen molar-refractivity contribution in [2.45, 2.75) is 60.3 Å². The van der Waals surface area contributed by atoms with Gasteiger partial charge in [-0.2, -0.15) is 0 Å². The van der Waals surface area contributed by atoms with E-state index in [0.717, 1.165) is 35.4 Å². The summed E-state index contributed by atoms with van der Waals surface area (Å²) in [7, 11) is 1.32. The van der Waals surface area contributed by atoms with Crippen LogP contribution in [0.15, 0.2) is 12.1 Å². The second-order valence-electron chi connectivity index (χ2n) is 9.62. The second kappa shape index (κ2) is 15.0. The van der Waals surface area contributed by atoms with Gasteiger partial charge in [0.2, 0.25) is 0 Å². The smallest absolute Gasteiger partial charge is 0.493 e. The summed E-state index contributed by atoms with van der Waals surface area (Å²) >= 11 is 0. The number of aryl methyl sites for hydroxylation is 2. The van der Waals surface area contributed by atoms with Crippen molar-refractivity contribution in [1.82, 2.24) is 0 Å². The first-order valence-electron chi connectivity index (χ1n) is 12.5. The van der Waals surface area contributed by atoms with Crippen molar-refractivity contribution >= 4 is 12.6 Å². The molecule has 0 saturated carbocycles. The summed E-state index contributed by atoms with van der Waals surface area (Å²) in [5, 5.41) is 0. The number of hydrogen-bond donors (Lipinski definition) is 0. The largest absolute Gasteiger partial charge is 0.494 e. The van der Waals surface area contributed by atoms with Crippen molar-refractivity contribution in [3.63, 3.8) is 0 Å². The normalized spacial score (nSPS) is 16.7. The van der Waals surface area contributed by atoms with Gasteiger partial charge >= 0.3 is 7.12 Å². The average Bonchev–Trinajstić information content (AvgIpc) is 2.79. The van der Waals surface area contributed by atoms with Crippen LogP contribution < -0.4 is 10.2 Å². The summed E-state index contributed by atoms with van der Waals surface area (Å²) in [6.07, 6.45) is 4.89. The Labute approximate surface area is 201 Å². The lowest BCUT2D eigenvalue weighted by atomic mass is 9.71. The Balaban J connectivity index is 1.83. The fraction of sp³-hybridized carbons (Fsp3) is 0.769. The molecule has 1 aliphatic rings. The number of hydrogen-bond acceptors (Lipinski definition) is 6. The first kappa shape index (κ1) is 28.1. The lowest BCUT2D eigenvalue weighted by Gasteiger charge is -2.36. The van der Waals surface area contributed by atoms with Crippen LogP contribution in [0.1, 0.15) is 57.6 Å². The highest BCUT2D eigenvalue weighted by Gasteiger charge is 2.38. The highest BCUT2D eigenvalue weighted by molar-refractivity contribution is 6.62. The average molecular weight is 464 g/mol. The summed E-state index contributed by atoms with van der Waals surface area (Å²) in [6, 6.07) is 4.23. The molecule has 1 fully saturated rings. The molecule has 1 saturated heterocycles. The Morgan fingerprint density at radius 1 is 1.00 bits per heavy atom. The Hall–Kier alpha value is -1.12. The number of ether oxygens (including phenoxy) is 4. The summed E-state index contributed by atoms with van der Waals surface area (Å²) in [6.45, 7) is 15.7. The van der Waals surface area contributed by atoms with E-state index >= 15 is 0 Å². The van der Waals surface area contributed by atoms with Crippen molar-refractivity contribution < 1.29 is 28.3 Å². The standard InChI is InChI=1S/C26H45BO6/c1-7-9-10-23(8-2)17-31-24-15-21(3)25(22(4)16-24)27-32-19-26(5,20-33-27)18-30-14-13-29-12-11-28-6/h15-16,23H,7-14,17-20H2,1-6H3. The Morgan fingerprint density at radius 2 is 1.64 bits per heavy atom. The lowest BCUT2D eigenvalue weighted by molar-refractivity contribution is -0.0537. The highest BCUT2D eigenvalue weighted by Crippen LogP contribution is 2.25. The van der Waals surface area contributed by atoms with Gasteiger partial charge in [-0.25, -0.2) is 0 Å². The minimum atomic E-state index is -0.350. The Morgan fingerprint density at radius 3 is 2.24 bits per heavy atom. The maximum Gasteiger partial charge on any atom is 0.494 e. The van der Waals surface area contributed by atoms with E-state index in [-0.39, 0.29) is 12.5 Å². The summed E-state index contributed by atoms with van der Waals surface area (Å²) in [4.78, 5) is 0. The molecule has 1 aromatic rings. The van der Waals surface area contributed by atoms with Crippen LogP contribution in [0.5, 0.6) is 5.75 Å². The number of unbranched alkanes of at least 4 members (excludes halogenated alkanes) is 1. The molecule has 188 valence electrons. The molecule has 0 spiro atoms. The molecule has 0 aliphatic carbocycles. The second-order valence-corrected chi connectivity index (χ2v) is 9.62. The summed E-state index contributed by atoms with van der Waals surface area (Å²) in [5.74, 6) is 1.55. The first-order chi connectivity index (χ1) is 15.9. The van der Waals surface area contributed by atoms with Gasteiger partial charge in [-0.15, -0.1) is 0 Å². The molecule has 1 aliphatic heterocycles. The molecule has 7 heteroatoms. The van der Waals surface area contributed by atoms with Crippen LogP contribution in [-0.4, -0.2) is 67.1 Å². The molecule has 6 nitrogen and oxygen atoms in total. The van der Waals surface area contributed by atoms with Crippen LogP contribution in [0.3, 0.4) is 0 Å². The van der Waals surface area contributed by atoms with Gasteiger partial charge in [-0.05, 0) is 54.9 Å². The zero-order valence-corrected chi connectivity index (χ0v) is 21.7. The quantitative estimate of drug-likeness (QED) is 0.268. The third-order valence-corrected chi connectivity index (χ3v) is 6.25. The van der Waals surface area contributed by atoms with Crippen LogP contribution in [0.2, 0.25) is 0 Å². The number of methoxy groups -OCH3 is 1. The van der Waals surface area contributed by atoms with E-state index in [1.54, 1.807) is 7.11 Å². The molecule has 0 bridgehead atoms. The predicted octanol–water partition coefficient (Wildman–Crippen LogP) is 4.33. The molecule has 1 heterocycles. The van der Waals surface area contributed by atoms with E-state index in [4.69, 9.17) is 28.3 Å². The van der Waals surface area contributed by atoms with Gasteiger partial charge in [-0.1, -0.05) is 40.0 Å². The van der Waals surface area contributed by atoms with E-state index in [0.29, 0.717) is 52.2 Å². The maximum absolute atomic E-state index is 6.16. The fourth-order valence-corrected chi connectivity index (χ4v) is 4.08. The van der Waals surface area contributed by atoms with Gasteiger partial charge in [0.1, 0.15) is 5.75 Å². The monoisotopic (exact) mass is 464 g/mol. The molecule has 0 N–H and O–H groups in total. The molecule has 1 unspecified atom stereocenters. The van der Waals surface area contributed by atoms with Crippen LogP contribution in [-0.2, 0) is 23.5 Å². The van der Waals surface area contributed by atoms with Gasteiger partial charge in [0.15, 0.2) is 0 Å². The Kier molecular flexibility index (Phi) is 12.8. The maximum atomic E-state index is 6.16. The van der Waals surface area contributed by atoms with Crippen molar-refractivity contribution in [2.24, 2.45) is 11.3 Å². The van der Waals surface area contributed by atoms with E-state index in [2.05, 4.69) is 46.8 Å². The van der Waals surface area contributed by atoms with Crippen LogP contribution in [0, 0.1) is 25.2 Å². The van der Waals surface area contributed by atoms with Gasteiger partial charge in [-0.3, -0.25) is 0 Å². The molecule has 33 heavy (non-hydrogen) atoms. The van der Waals surface area contributed by atoms with Crippen molar-refractivity contribution in [3.8, 4) is 5.75 Å². The third-order valence-electron chi connectivity index (χ3n) is 6.25. The van der Waals surface area contributed by atoms with E-state index in [1.165, 1.54) is 19.3 Å². The molecule has 0 radical (unpaired) electrons. The van der Waals surface area contributed by atoms with Crippen molar-refractivity contribution in [2.75, 3.05) is 60.0 Å². The third kappa shape index (κ3) is 9.57. The molecule has 2 rings (SSSR count). The number of benzene rings is 1. The fourth-order valence-electron chi connectivity index (χ4n) is 4.08. The minimum Gasteiger partial charge on any atom is -0.493 e. The van der Waals surface area contributed by atoms with E-state index in [9.17, 15) is 0 Å². The zero-order chi connectivity index (χ0) is 24.1. The Bertz CT molecular complexity index is 652. The van der Waals surface area contributed by atoms with Crippen LogP contribution in [0.4, 0.5) is 0 Å². The molecule has 1 aromatic carbocycles. The molecule has 0 amide bonds. The van der Waals surface area contributed by atoms with Crippen molar-refractivity contribution in [1.29, 1.82) is 0 Å².